The fourth-order valence-electron chi connectivity index (χ4n) is 1.01. The lowest BCUT2D eigenvalue weighted by molar-refractivity contribution is -0.384. The second-order valence-corrected chi connectivity index (χ2v) is 4.41. The van der Waals surface area contributed by atoms with E-state index in [1.807, 2.05) is 0 Å². The van der Waals surface area contributed by atoms with Crippen LogP contribution in [0.2, 0.25) is 0 Å². The van der Waals surface area contributed by atoms with Gasteiger partial charge in [-0.25, -0.2) is 0 Å². The van der Waals surface area contributed by atoms with Crippen LogP contribution in [0, 0.1) is 10.1 Å². The Labute approximate surface area is 89.3 Å². The van der Waals surface area contributed by atoms with Crippen LogP contribution in [-0.2, 0) is 10.8 Å². The predicted molar refractivity (Wildman–Crippen MR) is 58.3 cm³/mol. The lowest BCUT2D eigenvalue weighted by Crippen LogP contribution is -2.11. The number of rotatable bonds is 5. The molecule has 0 saturated carbocycles. The molecule has 6 nitrogen and oxygen atoms in total. The maximum Gasteiger partial charge on any atom is 0.310 e. The third-order valence-electron chi connectivity index (χ3n) is 1.70. The molecule has 0 spiro atoms. The average Bonchev–Trinajstić information content (AvgIpc) is 2.17. The van der Waals surface area contributed by atoms with Gasteiger partial charge in [-0.05, 0) is 6.07 Å². The molecular weight excluding hydrogens is 218 g/mol. The predicted octanol–water partition coefficient (Wildman–Crippen LogP) is 0.780. The van der Waals surface area contributed by atoms with Crippen LogP contribution in [0.3, 0.4) is 0 Å². The first-order chi connectivity index (χ1) is 7.11. The standard InChI is InChI=1S/C8H11N3O3S/c1-15(14)5-4-10-7-2-3-9-6-8(7)11(12)13/h2-3,6H,4-5H2,1H3,(H,9,10). The Bertz CT molecular complexity index is 383. The van der Waals surface area contributed by atoms with E-state index in [0.717, 1.165) is 0 Å². The average molecular weight is 229 g/mol. The van der Waals surface area contributed by atoms with Crippen molar-refractivity contribution in [3.05, 3.63) is 28.6 Å². The Morgan fingerprint density at radius 2 is 2.40 bits per heavy atom. The summed E-state index contributed by atoms with van der Waals surface area (Å²) in [5.74, 6) is 0.458. The van der Waals surface area contributed by atoms with Crippen LogP contribution < -0.4 is 5.32 Å². The molecule has 1 aromatic rings. The summed E-state index contributed by atoms with van der Waals surface area (Å²) in [5.41, 5.74) is 0.333. The van der Waals surface area contributed by atoms with E-state index in [1.165, 1.54) is 18.5 Å². The normalized spacial score (nSPS) is 12.1. The highest BCUT2D eigenvalue weighted by atomic mass is 32.2. The third-order valence-corrected chi connectivity index (χ3v) is 2.48. The minimum absolute atomic E-state index is 0.0700. The van der Waals surface area contributed by atoms with Crippen LogP contribution in [0.25, 0.3) is 0 Å². The fourth-order valence-corrected chi connectivity index (χ4v) is 1.40. The van der Waals surface area contributed by atoms with Gasteiger partial charge in [0.05, 0.1) is 4.92 Å². The van der Waals surface area contributed by atoms with Crippen molar-refractivity contribution in [1.29, 1.82) is 0 Å². The molecule has 0 bridgehead atoms. The molecule has 1 aromatic heterocycles. The summed E-state index contributed by atoms with van der Waals surface area (Å²) >= 11 is 0. The minimum Gasteiger partial charge on any atom is -0.378 e. The summed E-state index contributed by atoms with van der Waals surface area (Å²) in [7, 11) is -0.905. The summed E-state index contributed by atoms with van der Waals surface area (Å²) in [6.45, 7) is 0.438. The number of nitrogens with zero attached hydrogens (tertiary/aromatic N) is 2. The smallest absolute Gasteiger partial charge is 0.310 e. The third kappa shape index (κ3) is 3.62. The topological polar surface area (TPSA) is 85.1 Å². The van der Waals surface area contributed by atoms with Gasteiger partial charge in [-0.15, -0.1) is 0 Å². The lowest BCUT2D eigenvalue weighted by atomic mass is 10.3. The zero-order valence-electron chi connectivity index (χ0n) is 8.17. The van der Waals surface area contributed by atoms with Crippen LogP contribution in [0.15, 0.2) is 18.5 Å². The molecule has 0 aromatic carbocycles. The Morgan fingerprint density at radius 3 is 3.00 bits per heavy atom. The van der Waals surface area contributed by atoms with Gasteiger partial charge in [0.2, 0.25) is 0 Å². The van der Waals surface area contributed by atoms with Gasteiger partial charge in [0.25, 0.3) is 0 Å². The molecule has 1 N–H and O–H groups in total. The maximum absolute atomic E-state index is 10.8. The summed E-state index contributed by atoms with van der Waals surface area (Å²) in [6, 6.07) is 1.52. The first-order valence-electron chi connectivity index (χ1n) is 4.23. The number of nitrogens with one attached hydrogen (secondary N) is 1. The highest BCUT2D eigenvalue weighted by Gasteiger charge is 2.12. The molecule has 1 atom stereocenters. The van der Waals surface area contributed by atoms with Crippen LogP contribution in [0.4, 0.5) is 11.4 Å². The molecule has 0 aliphatic heterocycles. The number of pyridine rings is 1. The molecule has 0 radical (unpaired) electrons. The monoisotopic (exact) mass is 229 g/mol. The summed E-state index contributed by atoms with van der Waals surface area (Å²) in [4.78, 5) is 13.8. The first kappa shape index (κ1) is 11.6. The van der Waals surface area contributed by atoms with E-state index in [4.69, 9.17) is 0 Å². The van der Waals surface area contributed by atoms with E-state index in [-0.39, 0.29) is 5.69 Å². The van der Waals surface area contributed by atoms with Gasteiger partial charge >= 0.3 is 5.69 Å². The fraction of sp³-hybridized carbons (Fsp3) is 0.375. The SMILES string of the molecule is CS(=O)CCNc1ccncc1[N+](=O)[O-]. The van der Waals surface area contributed by atoms with Gasteiger partial charge in [0, 0.05) is 35.5 Å². The summed E-state index contributed by atoms with van der Waals surface area (Å²) in [6.07, 6.45) is 4.24. The van der Waals surface area contributed by atoms with E-state index in [0.29, 0.717) is 18.0 Å². The molecule has 0 fully saturated rings. The highest BCUT2D eigenvalue weighted by Crippen LogP contribution is 2.21. The van der Waals surface area contributed by atoms with E-state index in [1.54, 1.807) is 6.26 Å². The number of anilines is 1. The zero-order valence-corrected chi connectivity index (χ0v) is 8.99. The molecular formula is C8H11N3O3S. The Hall–Kier alpha value is -1.50. The van der Waals surface area contributed by atoms with E-state index < -0.39 is 15.7 Å². The summed E-state index contributed by atoms with van der Waals surface area (Å²) < 4.78 is 10.8. The molecule has 7 heteroatoms. The van der Waals surface area contributed by atoms with Gasteiger partial charge in [-0.1, -0.05) is 0 Å². The van der Waals surface area contributed by atoms with E-state index in [2.05, 4.69) is 10.3 Å². The molecule has 1 heterocycles. The maximum atomic E-state index is 10.8. The molecule has 1 unspecified atom stereocenters. The molecule has 0 saturated heterocycles. The second-order valence-electron chi connectivity index (χ2n) is 2.85. The van der Waals surface area contributed by atoms with Crippen LogP contribution in [-0.4, -0.2) is 32.7 Å². The van der Waals surface area contributed by atoms with Crippen LogP contribution in [0.5, 0.6) is 0 Å². The number of aromatic nitrogens is 1. The van der Waals surface area contributed by atoms with Crippen molar-refractivity contribution in [1.82, 2.24) is 4.98 Å². The Morgan fingerprint density at radius 1 is 1.67 bits per heavy atom. The van der Waals surface area contributed by atoms with Crippen LogP contribution >= 0.6 is 0 Å². The zero-order chi connectivity index (χ0) is 11.3. The summed E-state index contributed by atoms with van der Waals surface area (Å²) in [5, 5.41) is 13.4. The van der Waals surface area contributed by atoms with Gasteiger partial charge < -0.3 is 5.32 Å². The van der Waals surface area contributed by atoms with Gasteiger partial charge in [0.1, 0.15) is 11.9 Å². The quantitative estimate of drug-likeness (QED) is 0.595. The van der Waals surface area contributed by atoms with Crippen molar-refractivity contribution in [2.75, 3.05) is 23.9 Å². The lowest BCUT2D eigenvalue weighted by Gasteiger charge is -2.04. The number of hydrogen-bond donors (Lipinski definition) is 1. The highest BCUT2D eigenvalue weighted by molar-refractivity contribution is 7.84. The number of hydrogen-bond acceptors (Lipinski definition) is 5. The Balaban J connectivity index is 2.67. The van der Waals surface area contributed by atoms with E-state index >= 15 is 0 Å². The molecule has 0 aliphatic carbocycles. The van der Waals surface area contributed by atoms with Gasteiger partial charge in [-0.3, -0.25) is 19.3 Å². The van der Waals surface area contributed by atoms with Crippen molar-refractivity contribution >= 4 is 22.2 Å². The molecule has 82 valence electrons. The Kier molecular flexibility index (Phi) is 4.17. The van der Waals surface area contributed by atoms with Crippen LogP contribution in [0.1, 0.15) is 0 Å². The molecule has 0 amide bonds. The number of nitro groups is 1. The molecule has 0 aliphatic rings. The largest absolute Gasteiger partial charge is 0.378 e. The first-order valence-corrected chi connectivity index (χ1v) is 5.96. The van der Waals surface area contributed by atoms with Crippen molar-refractivity contribution in [3.8, 4) is 0 Å². The van der Waals surface area contributed by atoms with Crippen molar-refractivity contribution in [2.45, 2.75) is 0 Å². The van der Waals surface area contributed by atoms with Crippen molar-refractivity contribution in [2.24, 2.45) is 0 Å². The van der Waals surface area contributed by atoms with Crippen molar-refractivity contribution < 1.29 is 9.13 Å². The van der Waals surface area contributed by atoms with Gasteiger partial charge in [-0.2, -0.15) is 0 Å². The minimum atomic E-state index is -0.905. The molecule has 1 rings (SSSR count). The second kappa shape index (κ2) is 5.40. The van der Waals surface area contributed by atoms with Gasteiger partial charge in [0.15, 0.2) is 0 Å². The van der Waals surface area contributed by atoms with Crippen molar-refractivity contribution in [3.63, 3.8) is 0 Å². The molecule has 15 heavy (non-hydrogen) atoms. The van der Waals surface area contributed by atoms with E-state index in [9.17, 15) is 14.3 Å².